The maximum Gasteiger partial charge on any atom is 0.411 e. The Morgan fingerprint density at radius 2 is 1.76 bits per heavy atom. The van der Waals surface area contributed by atoms with Crippen molar-refractivity contribution < 1.29 is 52.7 Å². The van der Waals surface area contributed by atoms with E-state index in [1.165, 1.54) is 11.0 Å². The van der Waals surface area contributed by atoms with E-state index in [2.05, 4.69) is 4.98 Å². The van der Waals surface area contributed by atoms with E-state index in [0.29, 0.717) is 35.6 Å². The summed E-state index contributed by atoms with van der Waals surface area (Å²) in [5, 5.41) is 16.4. The summed E-state index contributed by atoms with van der Waals surface area (Å²) in [5.74, 6) is -4.21. The maximum absolute atomic E-state index is 14.9. The standard InChI is InChI=1S/C46H65N5O12/c1-11-35-46(8)40-26(4)37(53)24(2)19-45(7)41(62-43-38(54)34(50(9)10)18-25(3)60-43)27(5)39(28(6)42(55)61-35)57-21-29(22-58-45)33(20-51(40)44(56)63-46)49-59-23-30-14-12-15-31(47-30)32-16-13-17-36(52)48-32/h12-17,24-29,34-35,38-41,43,54H,11,18-23H2,1-10H3,(H,48,52)/b49-33-/t24-,25-,26+,27+,28-,29?,34+,35-,38-,39+,40+,41-,43+,45?,46?/m1/s1. The van der Waals surface area contributed by atoms with Gasteiger partial charge in [0.2, 0.25) is 5.56 Å². The Balaban J connectivity index is 1.35. The van der Waals surface area contributed by atoms with E-state index in [0.717, 1.165) is 0 Å². The second kappa shape index (κ2) is 18.7. The molecule has 63 heavy (non-hydrogen) atoms. The number of fused-ring (bicyclic) bond motifs is 5. The number of carbonyl (C=O) groups is 3. The molecule has 17 heteroatoms. The van der Waals surface area contributed by atoms with Crippen molar-refractivity contribution in [2.75, 3.05) is 33.9 Å². The second-order valence-electron chi connectivity index (χ2n) is 18.9. The molecular weight excluding hydrogens is 815 g/mol. The van der Waals surface area contributed by atoms with E-state index in [4.69, 9.17) is 43.4 Å². The third kappa shape index (κ3) is 9.32. The van der Waals surface area contributed by atoms with Gasteiger partial charge in [-0.2, -0.15) is 0 Å². The Morgan fingerprint density at radius 3 is 2.48 bits per heavy atom. The van der Waals surface area contributed by atoms with Gasteiger partial charge in [0.15, 0.2) is 18.5 Å². The van der Waals surface area contributed by atoms with Crippen LogP contribution in [0.3, 0.4) is 0 Å². The molecule has 5 fully saturated rings. The smallest absolute Gasteiger partial charge is 0.411 e. The summed E-state index contributed by atoms with van der Waals surface area (Å²) in [6.45, 7) is 14.6. The molecule has 5 aliphatic rings. The molecule has 346 valence electrons. The number of aromatic nitrogens is 2. The number of aliphatic hydroxyl groups is 1. The molecular formula is C46H65N5O12. The van der Waals surface area contributed by atoms with Gasteiger partial charge in [-0.25, -0.2) is 9.78 Å². The highest BCUT2D eigenvalue weighted by Gasteiger charge is 2.61. The minimum Gasteiger partial charge on any atom is -0.458 e. The van der Waals surface area contributed by atoms with Crippen molar-refractivity contribution in [3.8, 4) is 11.4 Å². The number of nitrogens with zero attached hydrogens (tertiary/aromatic N) is 4. The van der Waals surface area contributed by atoms with E-state index >= 15 is 0 Å². The van der Waals surface area contributed by atoms with Gasteiger partial charge in [-0.3, -0.25) is 19.3 Å². The fourth-order valence-electron chi connectivity index (χ4n) is 10.7. The molecule has 0 aliphatic carbocycles. The Morgan fingerprint density at radius 1 is 1.02 bits per heavy atom. The topological polar surface area (TPSA) is 201 Å². The number of amides is 1. The Labute approximate surface area is 369 Å². The summed E-state index contributed by atoms with van der Waals surface area (Å²) in [6, 6.07) is 9.04. The van der Waals surface area contributed by atoms with E-state index in [1.54, 1.807) is 51.1 Å². The van der Waals surface area contributed by atoms with E-state index in [-0.39, 0.29) is 56.3 Å². The van der Waals surface area contributed by atoms with E-state index < -0.39 is 89.6 Å². The molecule has 2 aromatic heterocycles. The van der Waals surface area contributed by atoms with Crippen molar-refractivity contribution >= 4 is 23.6 Å². The summed E-state index contributed by atoms with van der Waals surface area (Å²) in [4.78, 5) is 72.7. The highest BCUT2D eigenvalue weighted by molar-refractivity contribution is 5.92. The number of hydrogen-bond donors (Lipinski definition) is 2. The summed E-state index contributed by atoms with van der Waals surface area (Å²) in [6.07, 6.45) is -4.60. The van der Waals surface area contributed by atoms with Gasteiger partial charge in [-0.15, -0.1) is 0 Å². The molecule has 0 aromatic carbocycles. The zero-order chi connectivity index (χ0) is 45.5. The molecule has 5 saturated heterocycles. The SMILES string of the molecule is CC[C@H]1OC(=O)[C@H](C)[C@H]2OCC3COC(C)(C[C@@H](C)C(=O)[C@H](C)[C@@H]4N(C/C3=N/OCc3cccc(-c5cccc(=O)[nH]5)n3)C(=O)OC41C)[C@H](O[C@@H]1O[C@H](C)C[C@H](N(C)C)[C@H]1O)[C@H]2C. The maximum atomic E-state index is 14.9. The van der Waals surface area contributed by atoms with Gasteiger partial charge in [0.05, 0.1) is 78.4 Å². The lowest BCUT2D eigenvalue weighted by Crippen LogP contribution is -2.61. The minimum absolute atomic E-state index is 0.00107. The molecule has 2 aromatic rings. The molecule has 1 amide bonds. The van der Waals surface area contributed by atoms with Gasteiger partial charge in [-0.1, -0.05) is 45.0 Å². The molecule has 15 atom stereocenters. The number of esters is 1. The summed E-state index contributed by atoms with van der Waals surface area (Å²) in [7, 11) is 3.81. The average molecular weight is 880 g/mol. The van der Waals surface area contributed by atoms with Gasteiger partial charge in [0, 0.05) is 35.8 Å². The number of ether oxygens (including phenoxy) is 6. The first-order valence-electron chi connectivity index (χ1n) is 22.3. The molecule has 3 unspecified atom stereocenters. The summed E-state index contributed by atoms with van der Waals surface area (Å²) < 4.78 is 39.8. The number of oxime groups is 1. The van der Waals surface area contributed by atoms with Crippen molar-refractivity contribution in [2.45, 2.75) is 141 Å². The quantitative estimate of drug-likeness (QED) is 0.280. The number of pyridine rings is 2. The number of aromatic amines is 1. The Kier molecular flexibility index (Phi) is 13.9. The first-order chi connectivity index (χ1) is 29.8. The number of hydrogen-bond acceptors (Lipinski definition) is 15. The number of cyclic esters (lactones) is 1. The predicted molar refractivity (Wildman–Crippen MR) is 229 cm³/mol. The summed E-state index contributed by atoms with van der Waals surface area (Å²) in [5.41, 5.74) is -0.925. The van der Waals surface area contributed by atoms with Gasteiger partial charge >= 0.3 is 12.1 Å². The highest BCUT2D eigenvalue weighted by atomic mass is 16.7. The van der Waals surface area contributed by atoms with Crippen LogP contribution in [0.4, 0.5) is 4.79 Å². The fourth-order valence-corrected chi connectivity index (χ4v) is 10.7. The van der Waals surface area contributed by atoms with Crippen LogP contribution in [-0.4, -0.2) is 142 Å². The largest absolute Gasteiger partial charge is 0.458 e. The van der Waals surface area contributed by atoms with E-state index in [1.807, 2.05) is 53.6 Å². The van der Waals surface area contributed by atoms with Gasteiger partial charge < -0.3 is 48.2 Å². The van der Waals surface area contributed by atoms with Crippen LogP contribution in [0, 0.1) is 29.6 Å². The lowest BCUT2D eigenvalue weighted by atomic mass is 9.73. The van der Waals surface area contributed by atoms with Crippen LogP contribution in [0.25, 0.3) is 11.4 Å². The van der Waals surface area contributed by atoms with Crippen LogP contribution in [0.1, 0.15) is 80.3 Å². The fraction of sp³-hybridized carbons (Fsp3) is 0.696. The first kappa shape index (κ1) is 46.7. The number of H-pyrrole nitrogens is 1. The number of Topliss-reactive ketones (excluding diaryl/α,β-unsaturated/α-hetero) is 1. The average Bonchev–Trinajstić information content (AvgIpc) is 3.52. The number of aliphatic hydroxyl groups excluding tert-OH is 1. The number of likely N-dealkylation sites (N-methyl/N-ethyl adjacent to an activating group) is 1. The zero-order valence-corrected chi connectivity index (χ0v) is 38.1. The molecule has 7 heterocycles. The molecule has 0 saturated carbocycles. The number of nitrogens with one attached hydrogen (secondary N) is 1. The van der Waals surface area contributed by atoms with Crippen LogP contribution in [0.2, 0.25) is 0 Å². The Hall–Kier alpha value is -4.26. The predicted octanol–water partition coefficient (Wildman–Crippen LogP) is 4.34. The van der Waals surface area contributed by atoms with Crippen molar-refractivity contribution in [2.24, 2.45) is 34.7 Å². The van der Waals surface area contributed by atoms with Gasteiger partial charge in [-0.05, 0) is 79.3 Å². The zero-order valence-electron chi connectivity index (χ0n) is 38.1. The first-order valence-corrected chi connectivity index (χ1v) is 22.3. The Bertz CT molecular complexity index is 2080. The van der Waals surface area contributed by atoms with Crippen LogP contribution in [0.5, 0.6) is 0 Å². The second-order valence-corrected chi connectivity index (χ2v) is 18.9. The monoisotopic (exact) mass is 879 g/mol. The van der Waals surface area contributed by atoms with Crippen LogP contribution in [0.15, 0.2) is 46.3 Å². The van der Waals surface area contributed by atoms with Crippen molar-refractivity contribution in [3.05, 3.63) is 52.4 Å². The molecule has 0 radical (unpaired) electrons. The summed E-state index contributed by atoms with van der Waals surface area (Å²) >= 11 is 0. The number of carbonyl (C=O) groups excluding carboxylic acids is 3. The highest BCUT2D eigenvalue weighted by Crippen LogP contribution is 2.45. The normalized spacial score (nSPS) is 39.6. The van der Waals surface area contributed by atoms with E-state index in [9.17, 15) is 24.3 Å². The molecule has 6 bridgehead atoms. The number of rotatable bonds is 8. The lowest BCUT2D eigenvalue weighted by molar-refractivity contribution is -0.302. The van der Waals surface area contributed by atoms with Crippen molar-refractivity contribution in [3.63, 3.8) is 0 Å². The van der Waals surface area contributed by atoms with Crippen LogP contribution < -0.4 is 5.56 Å². The molecule has 2 N–H and O–H groups in total. The molecule has 5 aliphatic heterocycles. The third-order valence-corrected chi connectivity index (χ3v) is 14.0. The molecule has 17 nitrogen and oxygen atoms in total. The molecule has 7 rings (SSSR count). The van der Waals surface area contributed by atoms with Crippen LogP contribution >= 0.6 is 0 Å². The third-order valence-electron chi connectivity index (χ3n) is 14.0. The van der Waals surface area contributed by atoms with Crippen molar-refractivity contribution in [1.29, 1.82) is 0 Å². The van der Waals surface area contributed by atoms with Gasteiger partial charge in [0.1, 0.15) is 18.0 Å². The molecule has 0 spiro atoms. The van der Waals surface area contributed by atoms with Crippen molar-refractivity contribution in [1.82, 2.24) is 19.8 Å². The number of ketones is 1. The minimum atomic E-state index is -1.43. The lowest BCUT2D eigenvalue weighted by Gasteiger charge is -2.48. The van der Waals surface area contributed by atoms with Crippen LogP contribution in [-0.2, 0) is 49.5 Å². The van der Waals surface area contributed by atoms with Gasteiger partial charge in [0.25, 0.3) is 0 Å².